The van der Waals surface area contributed by atoms with E-state index in [1.165, 1.54) is 4.90 Å². The van der Waals surface area contributed by atoms with Crippen molar-refractivity contribution in [2.45, 2.75) is 31.8 Å². The molecule has 3 amide bonds. The number of carbonyl (C=O) groups is 2. The molecule has 0 spiro atoms. The number of amides is 3. The van der Waals surface area contributed by atoms with E-state index in [-0.39, 0.29) is 23.7 Å². The monoisotopic (exact) mass is 324 g/mol. The molecule has 2 atom stereocenters. The van der Waals surface area contributed by atoms with Crippen LogP contribution in [0.3, 0.4) is 0 Å². The van der Waals surface area contributed by atoms with Gasteiger partial charge in [0.2, 0.25) is 0 Å². The van der Waals surface area contributed by atoms with Gasteiger partial charge in [-0.3, -0.25) is 9.69 Å². The molecule has 24 heavy (non-hydrogen) atoms. The molecule has 1 fully saturated rings. The number of nitrogens with zero attached hydrogens (tertiary/aromatic N) is 1. The van der Waals surface area contributed by atoms with E-state index in [0.717, 1.165) is 17.5 Å². The van der Waals surface area contributed by atoms with Crippen LogP contribution in [0.1, 0.15) is 30.5 Å². The molecule has 0 saturated carbocycles. The molecule has 1 unspecified atom stereocenters. The minimum absolute atomic E-state index is 0.194. The first kappa shape index (κ1) is 16.1. The van der Waals surface area contributed by atoms with Crippen molar-refractivity contribution in [1.29, 1.82) is 0 Å². The predicted octanol–water partition coefficient (Wildman–Crippen LogP) is 3.01. The number of urea groups is 1. The lowest BCUT2D eigenvalue weighted by Crippen LogP contribution is -2.39. The second-order valence-corrected chi connectivity index (χ2v) is 6.06. The lowest BCUT2D eigenvalue weighted by molar-refractivity contribution is -0.129. The van der Waals surface area contributed by atoms with Crippen LogP contribution in [-0.2, 0) is 11.2 Å². The van der Waals surface area contributed by atoms with E-state index in [4.69, 9.17) is 0 Å². The average Bonchev–Trinajstić information content (AvgIpc) is 2.89. The first-order valence-corrected chi connectivity index (χ1v) is 8.02. The number of hydrogen-bond acceptors (Lipinski definition) is 3. The molecule has 5 heteroatoms. The molecule has 0 bridgehead atoms. The van der Waals surface area contributed by atoms with Crippen LogP contribution < -0.4 is 5.32 Å². The van der Waals surface area contributed by atoms with Gasteiger partial charge in [-0.2, -0.15) is 0 Å². The molecular weight excluding hydrogens is 304 g/mol. The van der Waals surface area contributed by atoms with Crippen molar-refractivity contribution in [1.82, 2.24) is 10.2 Å². The zero-order chi connectivity index (χ0) is 17.1. The van der Waals surface area contributed by atoms with Crippen LogP contribution in [0.2, 0.25) is 0 Å². The van der Waals surface area contributed by atoms with Crippen molar-refractivity contribution in [3.63, 3.8) is 0 Å². The Morgan fingerprint density at radius 1 is 1.08 bits per heavy atom. The van der Waals surface area contributed by atoms with E-state index >= 15 is 0 Å². The van der Waals surface area contributed by atoms with Crippen molar-refractivity contribution in [3.05, 3.63) is 65.7 Å². The largest absolute Gasteiger partial charge is 0.508 e. The van der Waals surface area contributed by atoms with E-state index in [1.807, 2.05) is 49.4 Å². The minimum Gasteiger partial charge on any atom is -0.508 e. The summed E-state index contributed by atoms with van der Waals surface area (Å²) in [6.45, 7) is 1.88. The summed E-state index contributed by atoms with van der Waals surface area (Å²) in [5.74, 6) is 0.0241. The zero-order valence-corrected chi connectivity index (χ0v) is 13.5. The zero-order valence-electron chi connectivity index (χ0n) is 13.5. The van der Waals surface area contributed by atoms with Crippen molar-refractivity contribution in [3.8, 4) is 5.75 Å². The minimum atomic E-state index is -0.602. The Kier molecular flexibility index (Phi) is 4.51. The molecule has 0 aliphatic carbocycles. The molecule has 5 nitrogen and oxygen atoms in total. The number of phenols is 1. The highest BCUT2D eigenvalue weighted by Crippen LogP contribution is 2.25. The maximum atomic E-state index is 12.6. The van der Waals surface area contributed by atoms with Gasteiger partial charge in [-0.1, -0.05) is 42.5 Å². The highest BCUT2D eigenvalue weighted by atomic mass is 16.3. The average molecular weight is 324 g/mol. The number of carbonyl (C=O) groups excluding carboxylic acids is 2. The van der Waals surface area contributed by atoms with Gasteiger partial charge < -0.3 is 10.4 Å². The third-order valence-corrected chi connectivity index (χ3v) is 4.33. The lowest BCUT2D eigenvalue weighted by atomic mass is 10.0. The SMILES string of the molecule is CC(CCc1ccc(O)cc1)N1C(=O)N[C@@H](c2ccccc2)C1=O. The molecule has 2 aromatic rings. The Morgan fingerprint density at radius 3 is 2.42 bits per heavy atom. The van der Waals surface area contributed by atoms with Crippen molar-refractivity contribution >= 4 is 11.9 Å². The van der Waals surface area contributed by atoms with Crippen LogP contribution in [-0.4, -0.2) is 28.0 Å². The summed E-state index contributed by atoms with van der Waals surface area (Å²) in [4.78, 5) is 26.2. The van der Waals surface area contributed by atoms with Crippen LogP contribution in [0.25, 0.3) is 0 Å². The number of rotatable bonds is 5. The van der Waals surface area contributed by atoms with Gasteiger partial charge in [-0.15, -0.1) is 0 Å². The molecule has 1 heterocycles. The second kappa shape index (κ2) is 6.74. The fourth-order valence-corrected chi connectivity index (χ4v) is 2.95. The van der Waals surface area contributed by atoms with Crippen molar-refractivity contribution in [2.75, 3.05) is 0 Å². The van der Waals surface area contributed by atoms with Crippen molar-refractivity contribution in [2.24, 2.45) is 0 Å². The highest BCUT2D eigenvalue weighted by molar-refractivity contribution is 6.04. The lowest BCUT2D eigenvalue weighted by Gasteiger charge is -2.21. The quantitative estimate of drug-likeness (QED) is 0.831. The summed E-state index contributed by atoms with van der Waals surface area (Å²) >= 11 is 0. The fourth-order valence-electron chi connectivity index (χ4n) is 2.95. The van der Waals surface area contributed by atoms with E-state index in [1.54, 1.807) is 12.1 Å². The standard InChI is InChI=1S/C19H20N2O3/c1-13(7-8-14-9-11-16(22)12-10-14)21-18(23)17(20-19(21)24)15-5-3-2-4-6-15/h2-6,9-13,17,22H,7-8H2,1H3,(H,20,24)/t13?,17-/m0/s1. The van der Waals surface area contributed by atoms with Crippen LogP contribution >= 0.6 is 0 Å². The number of nitrogens with one attached hydrogen (secondary N) is 1. The molecule has 1 aliphatic heterocycles. The molecule has 2 aromatic carbocycles. The molecular formula is C19H20N2O3. The van der Waals surface area contributed by atoms with Crippen molar-refractivity contribution < 1.29 is 14.7 Å². The van der Waals surface area contributed by atoms with E-state index < -0.39 is 6.04 Å². The molecule has 124 valence electrons. The maximum absolute atomic E-state index is 12.6. The first-order chi connectivity index (χ1) is 11.6. The van der Waals surface area contributed by atoms with Crippen LogP contribution in [0.4, 0.5) is 4.79 Å². The normalized spacial score (nSPS) is 18.5. The molecule has 3 rings (SSSR count). The summed E-state index contributed by atoms with van der Waals surface area (Å²) in [6, 6.07) is 15.1. The summed E-state index contributed by atoms with van der Waals surface area (Å²) < 4.78 is 0. The van der Waals surface area contributed by atoms with Gasteiger partial charge in [0.1, 0.15) is 11.8 Å². The molecule has 1 aliphatic rings. The van der Waals surface area contributed by atoms with Crippen LogP contribution in [0, 0.1) is 0 Å². The maximum Gasteiger partial charge on any atom is 0.325 e. The number of aryl methyl sites for hydroxylation is 1. The predicted molar refractivity (Wildman–Crippen MR) is 90.5 cm³/mol. The molecule has 1 saturated heterocycles. The van der Waals surface area contributed by atoms with Crippen LogP contribution in [0.15, 0.2) is 54.6 Å². The molecule has 0 radical (unpaired) electrons. The molecule has 0 aromatic heterocycles. The third kappa shape index (κ3) is 3.25. The van der Waals surface area contributed by atoms with Gasteiger partial charge in [-0.05, 0) is 43.0 Å². The third-order valence-electron chi connectivity index (χ3n) is 4.33. The Labute approximate surface area is 140 Å². The summed E-state index contributed by atoms with van der Waals surface area (Å²) in [6.07, 6.45) is 1.40. The number of benzene rings is 2. The highest BCUT2D eigenvalue weighted by Gasteiger charge is 2.41. The van der Waals surface area contributed by atoms with E-state index in [0.29, 0.717) is 6.42 Å². The Balaban J connectivity index is 1.66. The van der Waals surface area contributed by atoms with E-state index in [2.05, 4.69) is 5.32 Å². The molecule has 2 N–H and O–H groups in total. The van der Waals surface area contributed by atoms with Gasteiger partial charge in [0.25, 0.3) is 5.91 Å². The van der Waals surface area contributed by atoms with Gasteiger partial charge in [0.05, 0.1) is 0 Å². The Bertz CT molecular complexity index is 728. The number of phenolic OH excluding ortho intramolecular Hbond substituents is 1. The first-order valence-electron chi connectivity index (χ1n) is 8.02. The number of imide groups is 1. The van der Waals surface area contributed by atoms with Crippen LogP contribution in [0.5, 0.6) is 5.75 Å². The van der Waals surface area contributed by atoms with Gasteiger partial charge in [0.15, 0.2) is 0 Å². The Morgan fingerprint density at radius 2 is 1.75 bits per heavy atom. The smallest absolute Gasteiger partial charge is 0.325 e. The summed E-state index contributed by atoms with van der Waals surface area (Å²) in [7, 11) is 0. The topological polar surface area (TPSA) is 69.6 Å². The number of aromatic hydroxyl groups is 1. The van der Waals surface area contributed by atoms with Gasteiger partial charge >= 0.3 is 6.03 Å². The fraction of sp³-hybridized carbons (Fsp3) is 0.263. The Hall–Kier alpha value is -2.82. The van der Waals surface area contributed by atoms with E-state index in [9.17, 15) is 14.7 Å². The summed E-state index contributed by atoms with van der Waals surface area (Å²) in [5.41, 5.74) is 1.86. The summed E-state index contributed by atoms with van der Waals surface area (Å²) in [5, 5.41) is 12.1. The number of hydrogen-bond donors (Lipinski definition) is 2. The second-order valence-electron chi connectivity index (χ2n) is 6.06. The van der Waals surface area contributed by atoms with Gasteiger partial charge in [0, 0.05) is 6.04 Å². The van der Waals surface area contributed by atoms with Gasteiger partial charge in [-0.25, -0.2) is 4.79 Å².